The lowest BCUT2D eigenvalue weighted by Crippen LogP contribution is -2.03. The van der Waals surface area contributed by atoms with Gasteiger partial charge in [0.05, 0.1) is 5.39 Å². The summed E-state index contributed by atoms with van der Waals surface area (Å²) in [5, 5.41) is 0.631. The molecule has 0 aliphatic heterocycles. The smallest absolute Gasteiger partial charge is 0.267 e. The zero-order valence-corrected chi connectivity index (χ0v) is 7.52. The third-order valence-corrected chi connectivity index (χ3v) is 2.65. The topological polar surface area (TPSA) is 30.0 Å². The van der Waals surface area contributed by atoms with Crippen LogP contribution in [-0.2, 0) is 0 Å². The predicted molar refractivity (Wildman–Crippen MR) is 50.9 cm³/mol. The van der Waals surface area contributed by atoms with Gasteiger partial charge in [0.1, 0.15) is 0 Å². The van der Waals surface area contributed by atoms with Crippen molar-refractivity contribution in [2.45, 2.75) is 0 Å². The number of nitrogens with zero attached hydrogens (tertiary/aromatic N) is 1. The Morgan fingerprint density at radius 1 is 1.33 bits per heavy atom. The Balaban J connectivity index is 2.99. The van der Waals surface area contributed by atoms with E-state index in [2.05, 4.69) is 4.98 Å². The van der Waals surface area contributed by atoms with Crippen LogP contribution in [-0.4, -0.2) is 4.98 Å². The number of benzene rings is 1. The van der Waals surface area contributed by atoms with Gasteiger partial charge in [-0.15, -0.1) is 11.3 Å². The summed E-state index contributed by atoms with van der Waals surface area (Å²) in [7, 11) is 0. The van der Waals surface area contributed by atoms with Gasteiger partial charge in [-0.1, -0.05) is 23.7 Å². The number of aromatic nitrogens is 1. The molecule has 12 heavy (non-hydrogen) atoms. The molecule has 0 fully saturated rings. The predicted octanol–water partition coefficient (Wildman–Crippen LogP) is 2.31. The van der Waals surface area contributed by atoms with Crippen LogP contribution in [0.1, 0.15) is 0 Å². The molecule has 0 atom stereocenters. The zero-order chi connectivity index (χ0) is 8.55. The molecule has 0 saturated heterocycles. The first-order chi connectivity index (χ1) is 5.77. The Morgan fingerprint density at radius 3 is 2.92 bits per heavy atom. The third-order valence-electron chi connectivity index (χ3n) is 1.50. The van der Waals surface area contributed by atoms with Crippen molar-refractivity contribution in [2.24, 2.45) is 0 Å². The van der Waals surface area contributed by atoms with Crippen molar-refractivity contribution in [3.05, 3.63) is 39.1 Å². The normalized spacial score (nSPS) is 10.4. The van der Waals surface area contributed by atoms with Crippen molar-refractivity contribution in [3.8, 4) is 0 Å². The van der Waals surface area contributed by atoms with Crippen molar-refractivity contribution in [1.29, 1.82) is 0 Å². The molecule has 2 nitrogen and oxygen atoms in total. The van der Waals surface area contributed by atoms with E-state index in [0.717, 1.165) is 4.70 Å². The zero-order valence-electron chi connectivity index (χ0n) is 5.95. The van der Waals surface area contributed by atoms with Crippen LogP contribution in [0.4, 0.5) is 0 Å². The van der Waals surface area contributed by atoms with Crippen LogP contribution in [0, 0.1) is 0 Å². The lowest BCUT2D eigenvalue weighted by molar-refractivity contribution is 1.31. The maximum absolute atomic E-state index is 11.2. The van der Waals surface area contributed by atoms with Crippen LogP contribution < -0.4 is 5.56 Å². The Labute approximate surface area is 77.4 Å². The van der Waals surface area contributed by atoms with Crippen LogP contribution in [0.15, 0.2) is 29.1 Å². The number of hydrogen-bond donors (Lipinski definition) is 0. The molecule has 1 heterocycles. The van der Waals surface area contributed by atoms with Gasteiger partial charge >= 0.3 is 0 Å². The van der Waals surface area contributed by atoms with Crippen molar-refractivity contribution < 1.29 is 0 Å². The minimum absolute atomic E-state index is 0.255. The van der Waals surface area contributed by atoms with E-state index in [1.54, 1.807) is 6.07 Å². The highest BCUT2D eigenvalue weighted by atomic mass is 35.5. The Kier molecular flexibility index (Phi) is 1.83. The SMILES string of the molecule is O=c1nc(Cl)sc2ccccc12. The summed E-state index contributed by atoms with van der Waals surface area (Å²) in [6.45, 7) is 0. The molecule has 0 radical (unpaired) electrons. The molecule has 0 unspecified atom stereocenters. The number of halogens is 1. The summed E-state index contributed by atoms with van der Waals surface area (Å²) in [5.41, 5.74) is -0.255. The van der Waals surface area contributed by atoms with E-state index in [-0.39, 0.29) is 5.56 Å². The van der Waals surface area contributed by atoms with Crippen LogP contribution in [0.2, 0.25) is 4.47 Å². The van der Waals surface area contributed by atoms with Crippen molar-refractivity contribution in [2.75, 3.05) is 0 Å². The molecule has 1 aromatic carbocycles. The first kappa shape index (κ1) is 7.71. The molecule has 0 N–H and O–H groups in total. The number of hydrogen-bond acceptors (Lipinski definition) is 3. The second-order valence-electron chi connectivity index (χ2n) is 2.27. The summed E-state index contributed by atoms with van der Waals surface area (Å²) in [5.74, 6) is 0. The van der Waals surface area contributed by atoms with E-state index >= 15 is 0 Å². The second-order valence-corrected chi connectivity index (χ2v) is 3.88. The monoisotopic (exact) mass is 197 g/mol. The van der Waals surface area contributed by atoms with Gasteiger partial charge in [-0.2, -0.15) is 4.98 Å². The van der Waals surface area contributed by atoms with Gasteiger partial charge in [-0.05, 0) is 12.1 Å². The average molecular weight is 198 g/mol. The fourth-order valence-electron chi connectivity index (χ4n) is 0.986. The average Bonchev–Trinajstić information content (AvgIpc) is 2.04. The Bertz CT molecular complexity index is 480. The molecule has 4 heteroatoms. The van der Waals surface area contributed by atoms with Gasteiger partial charge in [0, 0.05) is 4.70 Å². The summed E-state index contributed by atoms with van der Waals surface area (Å²) < 4.78 is 1.17. The van der Waals surface area contributed by atoms with E-state index in [1.807, 2.05) is 18.2 Å². The first-order valence-corrected chi connectivity index (χ1v) is 4.52. The van der Waals surface area contributed by atoms with Gasteiger partial charge in [0.2, 0.25) is 0 Å². The molecule has 2 aromatic rings. The molecule has 0 aliphatic carbocycles. The molecule has 0 bridgehead atoms. The number of fused-ring (bicyclic) bond motifs is 1. The fraction of sp³-hybridized carbons (Fsp3) is 0. The molecule has 60 valence electrons. The molecule has 0 aliphatic rings. The largest absolute Gasteiger partial charge is 0.280 e. The molecular formula is C8H4ClNOS. The van der Waals surface area contributed by atoms with E-state index in [1.165, 1.54) is 11.3 Å². The van der Waals surface area contributed by atoms with Gasteiger partial charge in [-0.25, -0.2) is 0 Å². The second kappa shape index (κ2) is 2.84. The Hall–Kier alpha value is -0.930. The Morgan fingerprint density at radius 2 is 2.08 bits per heavy atom. The number of rotatable bonds is 0. The van der Waals surface area contributed by atoms with Crippen molar-refractivity contribution in [1.82, 2.24) is 4.98 Å². The lowest BCUT2D eigenvalue weighted by atomic mass is 10.3. The minimum atomic E-state index is -0.255. The van der Waals surface area contributed by atoms with Crippen LogP contribution in [0.3, 0.4) is 0 Å². The van der Waals surface area contributed by atoms with E-state index in [9.17, 15) is 4.79 Å². The van der Waals surface area contributed by atoms with Gasteiger partial charge in [0.25, 0.3) is 5.56 Å². The molecule has 2 rings (SSSR count). The van der Waals surface area contributed by atoms with E-state index in [0.29, 0.717) is 9.85 Å². The standard InChI is InChI=1S/C8H4ClNOS/c9-8-10-7(11)5-3-1-2-4-6(5)12-8/h1-4H. The minimum Gasteiger partial charge on any atom is -0.267 e. The quantitative estimate of drug-likeness (QED) is 0.649. The molecule has 0 amide bonds. The third kappa shape index (κ3) is 1.21. The van der Waals surface area contributed by atoms with Crippen molar-refractivity contribution in [3.63, 3.8) is 0 Å². The molecule has 1 aromatic heterocycles. The van der Waals surface area contributed by atoms with Crippen molar-refractivity contribution >= 4 is 33.0 Å². The molecule has 0 saturated carbocycles. The molecular weight excluding hydrogens is 194 g/mol. The van der Waals surface area contributed by atoms with Gasteiger partial charge in [-0.3, -0.25) is 4.79 Å². The fourth-order valence-corrected chi connectivity index (χ4v) is 2.03. The van der Waals surface area contributed by atoms with Crippen LogP contribution >= 0.6 is 22.9 Å². The summed E-state index contributed by atoms with van der Waals surface area (Å²) in [4.78, 5) is 14.8. The first-order valence-electron chi connectivity index (χ1n) is 3.33. The van der Waals surface area contributed by atoms with Gasteiger partial charge < -0.3 is 0 Å². The maximum Gasteiger partial charge on any atom is 0.280 e. The highest BCUT2D eigenvalue weighted by Crippen LogP contribution is 2.19. The van der Waals surface area contributed by atoms with E-state index < -0.39 is 0 Å². The highest BCUT2D eigenvalue weighted by molar-refractivity contribution is 7.21. The van der Waals surface area contributed by atoms with Gasteiger partial charge in [0.15, 0.2) is 4.47 Å². The van der Waals surface area contributed by atoms with Crippen LogP contribution in [0.5, 0.6) is 0 Å². The lowest BCUT2D eigenvalue weighted by Gasteiger charge is -1.92. The summed E-state index contributed by atoms with van der Waals surface area (Å²) >= 11 is 6.94. The summed E-state index contributed by atoms with van der Waals surface area (Å²) in [6, 6.07) is 7.28. The summed E-state index contributed by atoms with van der Waals surface area (Å²) in [6.07, 6.45) is 0. The highest BCUT2D eigenvalue weighted by Gasteiger charge is 2.00. The van der Waals surface area contributed by atoms with Crippen LogP contribution in [0.25, 0.3) is 10.1 Å². The maximum atomic E-state index is 11.2. The molecule has 0 spiro atoms. The van der Waals surface area contributed by atoms with E-state index in [4.69, 9.17) is 11.6 Å².